The number of anilines is 1. The van der Waals surface area contributed by atoms with Crippen LogP contribution >= 0.6 is 11.3 Å². The van der Waals surface area contributed by atoms with Crippen LogP contribution in [0.15, 0.2) is 24.3 Å². The van der Waals surface area contributed by atoms with Crippen molar-refractivity contribution in [3.63, 3.8) is 0 Å². The Morgan fingerprint density at radius 1 is 1.27 bits per heavy atom. The standard InChI is InChI=1S/C21H27N5O3S/c1-12-7-9-14(10-8-12)18(28)23-20-22-17-16(30-20)15(24-26(17)21(3,4)5)19(29)25(6)13(2)11-27/h7-10,13,27H,11H2,1-6H3,(H,22,23,28)/t13-/m0/s1. The quantitative estimate of drug-likeness (QED) is 0.648. The van der Waals surface area contributed by atoms with Gasteiger partial charge in [-0.15, -0.1) is 0 Å². The summed E-state index contributed by atoms with van der Waals surface area (Å²) >= 11 is 1.22. The lowest BCUT2D eigenvalue weighted by Gasteiger charge is -2.22. The molecule has 3 rings (SSSR count). The molecular weight excluding hydrogens is 402 g/mol. The monoisotopic (exact) mass is 429 g/mol. The smallest absolute Gasteiger partial charge is 0.275 e. The Morgan fingerprint density at radius 2 is 1.90 bits per heavy atom. The van der Waals surface area contributed by atoms with E-state index < -0.39 is 5.54 Å². The highest BCUT2D eigenvalue weighted by atomic mass is 32.1. The van der Waals surface area contributed by atoms with Crippen LogP contribution in [0.2, 0.25) is 0 Å². The first kappa shape index (κ1) is 21.9. The Hall–Kier alpha value is -2.78. The number of thiazole rings is 1. The van der Waals surface area contributed by atoms with Gasteiger partial charge in [-0.05, 0) is 46.8 Å². The van der Waals surface area contributed by atoms with Crippen LogP contribution in [0.5, 0.6) is 0 Å². The second-order valence-corrected chi connectivity index (χ2v) is 9.37. The zero-order valence-corrected chi connectivity index (χ0v) is 18.9. The van der Waals surface area contributed by atoms with Crippen molar-refractivity contribution in [3.05, 3.63) is 41.1 Å². The van der Waals surface area contributed by atoms with Gasteiger partial charge in [0.15, 0.2) is 16.5 Å². The molecule has 0 fully saturated rings. The highest BCUT2D eigenvalue weighted by Crippen LogP contribution is 2.33. The summed E-state index contributed by atoms with van der Waals surface area (Å²) in [7, 11) is 1.63. The lowest BCUT2D eigenvalue weighted by atomic mass is 10.1. The Bertz CT molecular complexity index is 1080. The molecule has 0 saturated heterocycles. The Kier molecular flexibility index (Phi) is 5.96. The van der Waals surface area contributed by atoms with Gasteiger partial charge in [0.25, 0.3) is 11.8 Å². The molecule has 0 saturated carbocycles. The van der Waals surface area contributed by atoms with E-state index in [2.05, 4.69) is 15.4 Å². The van der Waals surface area contributed by atoms with E-state index in [4.69, 9.17) is 0 Å². The van der Waals surface area contributed by atoms with Gasteiger partial charge in [0.2, 0.25) is 0 Å². The summed E-state index contributed by atoms with van der Waals surface area (Å²) in [5.74, 6) is -0.565. The molecule has 0 bridgehead atoms. The van der Waals surface area contributed by atoms with Gasteiger partial charge in [-0.25, -0.2) is 4.68 Å². The number of carbonyl (C=O) groups is 2. The van der Waals surface area contributed by atoms with Crippen LogP contribution < -0.4 is 5.32 Å². The number of amides is 2. The van der Waals surface area contributed by atoms with E-state index in [1.807, 2.05) is 39.8 Å². The fraction of sp³-hybridized carbons (Fsp3) is 0.429. The maximum atomic E-state index is 13.0. The van der Waals surface area contributed by atoms with Crippen LogP contribution in [-0.4, -0.2) is 56.3 Å². The predicted octanol–water partition coefficient (Wildman–Crippen LogP) is 3.26. The fourth-order valence-corrected chi connectivity index (χ4v) is 3.75. The molecule has 0 aliphatic rings. The van der Waals surface area contributed by atoms with Gasteiger partial charge in [-0.2, -0.15) is 10.1 Å². The Labute approximate surface area is 179 Å². The van der Waals surface area contributed by atoms with E-state index in [1.54, 1.807) is 30.8 Å². The van der Waals surface area contributed by atoms with Crippen LogP contribution in [0, 0.1) is 6.92 Å². The maximum Gasteiger partial charge on any atom is 0.275 e. The van der Waals surface area contributed by atoms with Crippen LogP contribution in [0.1, 0.15) is 54.1 Å². The molecule has 0 aliphatic heterocycles. The topological polar surface area (TPSA) is 100 Å². The van der Waals surface area contributed by atoms with Crippen molar-refractivity contribution in [3.8, 4) is 0 Å². The molecular formula is C21H27N5O3S. The van der Waals surface area contributed by atoms with Crippen molar-refractivity contribution in [2.24, 2.45) is 0 Å². The third-order valence-corrected chi connectivity index (χ3v) is 5.81. The minimum Gasteiger partial charge on any atom is -0.394 e. The van der Waals surface area contributed by atoms with E-state index in [9.17, 15) is 14.7 Å². The number of hydrogen-bond acceptors (Lipinski definition) is 6. The summed E-state index contributed by atoms with van der Waals surface area (Å²) in [6.07, 6.45) is 0. The minimum absolute atomic E-state index is 0.147. The zero-order chi connectivity index (χ0) is 22.2. The highest BCUT2D eigenvalue weighted by Gasteiger charge is 2.29. The lowest BCUT2D eigenvalue weighted by Crippen LogP contribution is -2.37. The Balaban J connectivity index is 2.01. The van der Waals surface area contributed by atoms with E-state index in [0.29, 0.717) is 21.0 Å². The molecule has 2 aromatic heterocycles. The zero-order valence-electron chi connectivity index (χ0n) is 18.1. The molecule has 1 aromatic carbocycles. The van der Waals surface area contributed by atoms with Crippen molar-refractivity contribution in [2.45, 2.75) is 46.2 Å². The summed E-state index contributed by atoms with van der Waals surface area (Å²) in [6.45, 7) is 9.48. The molecule has 0 aliphatic carbocycles. The summed E-state index contributed by atoms with van der Waals surface area (Å²) in [6, 6.07) is 6.92. The predicted molar refractivity (Wildman–Crippen MR) is 118 cm³/mol. The molecule has 2 heterocycles. The number of aliphatic hydroxyl groups excluding tert-OH is 1. The molecule has 8 nitrogen and oxygen atoms in total. The van der Waals surface area contributed by atoms with Gasteiger partial charge in [-0.1, -0.05) is 29.0 Å². The molecule has 2 N–H and O–H groups in total. The SMILES string of the molecule is Cc1ccc(C(=O)Nc2nc3c(s2)c(C(=O)N(C)[C@@H](C)CO)nn3C(C)(C)C)cc1. The number of carbonyl (C=O) groups excluding carboxylic acids is 2. The molecule has 30 heavy (non-hydrogen) atoms. The third-order valence-electron chi connectivity index (χ3n) is 4.84. The number of likely N-dealkylation sites (N-methyl/N-ethyl adjacent to an activating group) is 1. The second-order valence-electron chi connectivity index (χ2n) is 8.37. The lowest BCUT2D eigenvalue weighted by molar-refractivity contribution is 0.0676. The van der Waals surface area contributed by atoms with Crippen LogP contribution in [0.4, 0.5) is 5.13 Å². The van der Waals surface area contributed by atoms with E-state index in [-0.39, 0.29) is 30.2 Å². The summed E-state index contributed by atoms with van der Waals surface area (Å²) in [5, 5.41) is 17.2. The molecule has 0 radical (unpaired) electrons. The number of fused-ring (bicyclic) bond motifs is 1. The molecule has 3 aromatic rings. The first-order chi connectivity index (χ1) is 14.0. The van der Waals surface area contributed by atoms with Gasteiger partial charge in [0.1, 0.15) is 4.70 Å². The van der Waals surface area contributed by atoms with Gasteiger partial charge in [-0.3, -0.25) is 14.9 Å². The highest BCUT2D eigenvalue weighted by molar-refractivity contribution is 7.22. The summed E-state index contributed by atoms with van der Waals surface area (Å²) in [4.78, 5) is 31.6. The number of hydrogen-bond donors (Lipinski definition) is 2. The van der Waals surface area contributed by atoms with Gasteiger partial charge in [0, 0.05) is 12.6 Å². The van der Waals surface area contributed by atoms with Crippen molar-refractivity contribution in [1.29, 1.82) is 0 Å². The average Bonchev–Trinajstić information content (AvgIpc) is 3.24. The third kappa shape index (κ3) is 4.22. The fourth-order valence-electron chi connectivity index (χ4n) is 2.83. The average molecular weight is 430 g/mol. The van der Waals surface area contributed by atoms with Crippen LogP contribution in [-0.2, 0) is 5.54 Å². The maximum absolute atomic E-state index is 13.0. The number of aromatic nitrogens is 3. The van der Waals surface area contributed by atoms with Crippen molar-refractivity contribution in [1.82, 2.24) is 19.7 Å². The number of aryl methyl sites for hydroxylation is 1. The van der Waals surface area contributed by atoms with Gasteiger partial charge in [0.05, 0.1) is 18.2 Å². The van der Waals surface area contributed by atoms with Crippen molar-refractivity contribution in [2.75, 3.05) is 19.0 Å². The number of nitrogens with zero attached hydrogens (tertiary/aromatic N) is 4. The van der Waals surface area contributed by atoms with Gasteiger partial charge >= 0.3 is 0 Å². The number of benzene rings is 1. The van der Waals surface area contributed by atoms with Gasteiger partial charge < -0.3 is 10.0 Å². The van der Waals surface area contributed by atoms with Crippen molar-refractivity contribution >= 4 is 38.6 Å². The van der Waals surface area contributed by atoms with Crippen LogP contribution in [0.3, 0.4) is 0 Å². The Morgan fingerprint density at radius 3 is 2.47 bits per heavy atom. The summed E-state index contributed by atoms with van der Waals surface area (Å²) in [5.41, 5.74) is 1.99. The molecule has 0 spiro atoms. The molecule has 0 unspecified atom stereocenters. The number of aliphatic hydroxyl groups is 1. The van der Waals surface area contributed by atoms with Crippen LogP contribution in [0.25, 0.3) is 10.3 Å². The largest absolute Gasteiger partial charge is 0.394 e. The van der Waals surface area contributed by atoms with E-state index in [1.165, 1.54) is 16.2 Å². The molecule has 1 atom stereocenters. The molecule has 2 amide bonds. The molecule has 160 valence electrons. The number of nitrogens with one attached hydrogen (secondary N) is 1. The van der Waals surface area contributed by atoms with Crippen molar-refractivity contribution < 1.29 is 14.7 Å². The molecule has 9 heteroatoms. The van der Waals surface area contributed by atoms with E-state index in [0.717, 1.165) is 5.56 Å². The first-order valence-electron chi connectivity index (χ1n) is 9.69. The summed E-state index contributed by atoms with van der Waals surface area (Å²) < 4.78 is 2.30. The second kappa shape index (κ2) is 8.16. The number of rotatable bonds is 5. The minimum atomic E-state index is -0.412. The normalized spacial score (nSPS) is 12.8. The first-order valence-corrected chi connectivity index (χ1v) is 10.5. The van der Waals surface area contributed by atoms with E-state index >= 15 is 0 Å².